The van der Waals surface area contributed by atoms with E-state index in [-0.39, 0.29) is 11.5 Å². The van der Waals surface area contributed by atoms with Crippen LogP contribution in [0.15, 0.2) is 36.0 Å². The van der Waals surface area contributed by atoms with Gasteiger partial charge in [0.2, 0.25) is 0 Å². The Hall–Kier alpha value is -2.52. The Labute approximate surface area is 150 Å². The van der Waals surface area contributed by atoms with Gasteiger partial charge in [0, 0.05) is 51.4 Å². The topological polar surface area (TPSA) is 77.4 Å². The van der Waals surface area contributed by atoms with Crippen LogP contribution in [0.1, 0.15) is 26.2 Å². The maximum atomic E-state index is 12.0. The van der Waals surface area contributed by atoms with E-state index in [0.29, 0.717) is 13.2 Å². The second-order valence-corrected chi connectivity index (χ2v) is 5.83. The first-order valence-electron chi connectivity index (χ1n) is 8.58. The SMILES string of the molecule is CCCCOCCCNC(=O)/C(C#N)=C\Nc1cccc(N(C)C)c1. The van der Waals surface area contributed by atoms with Crippen LogP contribution < -0.4 is 15.5 Å². The average Bonchev–Trinajstić information content (AvgIpc) is 2.61. The number of ether oxygens (including phenoxy) is 1. The van der Waals surface area contributed by atoms with Gasteiger partial charge < -0.3 is 20.3 Å². The van der Waals surface area contributed by atoms with Gasteiger partial charge in [-0.25, -0.2) is 0 Å². The molecule has 0 radical (unpaired) electrons. The van der Waals surface area contributed by atoms with Crippen molar-refractivity contribution < 1.29 is 9.53 Å². The Balaban J connectivity index is 2.44. The molecule has 0 fully saturated rings. The van der Waals surface area contributed by atoms with Gasteiger partial charge in [-0.05, 0) is 31.0 Å². The third-order valence-corrected chi connectivity index (χ3v) is 3.50. The molecule has 25 heavy (non-hydrogen) atoms. The van der Waals surface area contributed by atoms with E-state index in [1.165, 1.54) is 6.20 Å². The summed E-state index contributed by atoms with van der Waals surface area (Å²) in [5.41, 5.74) is 1.89. The summed E-state index contributed by atoms with van der Waals surface area (Å²) in [6.07, 6.45) is 4.32. The number of rotatable bonds is 11. The quantitative estimate of drug-likeness (QED) is 0.367. The lowest BCUT2D eigenvalue weighted by molar-refractivity contribution is -0.117. The summed E-state index contributed by atoms with van der Waals surface area (Å²) in [7, 11) is 3.91. The third kappa shape index (κ3) is 8.23. The predicted molar refractivity (Wildman–Crippen MR) is 101 cm³/mol. The molecule has 6 heteroatoms. The highest BCUT2D eigenvalue weighted by atomic mass is 16.5. The molecule has 0 aromatic heterocycles. The highest BCUT2D eigenvalue weighted by Crippen LogP contribution is 2.17. The molecule has 0 bridgehead atoms. The molecule has 2 N–H and O–H groups in total. The second-order valence-electron chi connectivity index (χ2n) is 5.83. The van der Waals surface area contributed by atoms with Crippen molar-refractivity contribution in [2.45, 2.75) is 26.2 Å². The predicted octanol–water partition coefficient (Wildman–Crippen LogP) is 2.89. The fourth-order valence-electron chi connectivity index (χ4n) is 2.00. The molecule has 0 saturated carbocycles. The van der Waals surface area contributed by atoms with Crippen LogP contribution in [-0.2, 0) is 9.53 Å². The summed E-state index contributed by atoms with van der Waals surface area (Å²) >= 11 is 0. The summed E-state index contributed by atoms with van der Waals surface area (Å²) in [6.45, 7) is 3.97. The maximum absolute atomic E-state index is 12.0. The number of carbonyl (C=O) groups excluding carboxylic acids is 1. The van der Waals surface area contributed by atoms with Crippen LogP contribution in [0.25, 0.3) is 0 Å². The van der Waals surface area contributed by atoms with Crippen LogP contribution in [0, 0.1) is 11.3 Å². The molecule has 0 spiro atoms. The van der Waals surface area contributed by atoms with Crippen LogP contribution in [-0.4, -0.2) is 39.8 Å². The number of nitrogens with one attached hydrogen (secondary N) is 2. The Morgan fingerprint density at radius 3 is 2.76 bits per heavy atom. The summed E-state index contributed by atoms with van der Waals surface area (Å²) in [6, 6.07) is 9.64. The molecule has 136 valence electrons. The molecule has 0 atom stereocenters. The zero-order valence-electron chi connectivity index (χ0n) is 15.3. The van der Waals surface area contributed by atoms with Gasteiger partial charge in [0.1, 0.15) is 11.6 Å². The highest BCUT2D eigenvalue weighted by Gasteiger charge is 2.08. The lowest BCUT2D eigenvalue weighted by Crippen LogP contribution is -2.26. The number of carbonyl (C=O) groups is 1. The van der Waals surface area contributed by atoms with Gasteiger partial charge in [0.25, 0.3) is 5.91 Å². The fourth-order valence-corrected chi connectivity index (χ4v) is 2.00. The molecule has 0 saturated heterocycles. The largest absolute Gasteiger partial charge is 0.381 e. The first kappa shape index (κ1) is 20.5. The molecule has 0 aliphatic carbocycles. The molecule has 0 aliphatic rings. The van der Waals surface area contributed by atoms with Crippen LogP contribution in [0.4, 0.5) is 11.4 Å². The molecule has 1 aromatic rings. The van der Waals surface area contributed by atoms with Crippen molar-refractivity contribution in [3.05, 3.63) is 36.0 Å². The number of anilines is 2. The summed E-state index contributed by atoms with van der Waals surface area (Å²) < 4.78 is 5.43. The molecule has 0 aliphatic heterocycles. The number of hydrogen-bond donors (Lipinski definition) is 2. The summed E-state index contributed by atoms with van der Waals surface area (Å²) in [5, 5.41) is 14.9. The van der Waals surface area contributed by atoms with Crippen molar-refractivity contribution in [2.75, 3.05) is 44.1 Å². The van der Waals surface area contributed by atoms with Crippen LogP contribution in [0.5, 0.6) is 0 Å². The number of amides is 1. The van der Waals surface area contributed by atoms with Crippen molar-refractivity contribution in [3.8, 4) is 6.07 Å². The molecule has 1 aromatic carbocycles. The minimum absolute atomic E-state index is 0.0437. The standard InChI is InChI=1S/C19H28N4O2/c1-4-5-11-25-12-7-10-21-19(24)16(14-20)15-22-17-8-6-9-18(13-17)23(2)3/h6,8-9,13,15,22H,4-5,7,10-12H2,1-3H3,(H,21,24)/b16-15-. The van der Waals surface area contributed by atoms with E-state index >= 15 is 0 Å². The van der Waals surface area contributed by atoms with Gasteiger partial charge in [-0.15, -0.1) is 0 Å². The number of hydrogen-bond acceptors (Lipinski definition) is 5. The van der Waals surface area contributed by atoms with Gasteiger partial charge in [-0.3, -0.25) is 4.79 Å². The average molecular weight is 344 g/mol. The van der Waals surface area contributed by atoms with E-state index in [0.717, 1.165) is 37.2 Å². The molecular weight excluding hydrogens is 316 g/mol. The highest BCUT2D eigenvalue weighted by molar-refractivity contribution is 5.97. The minimum atomic E-state index is -0.382. The Kier molecular flexibility index (Phi) is 9.79. The number of nitriles is 1. The number of unbranched alkanes of at least 4 members (excludes halogenated alkanes) is 1. The first-order valence-corrected chi connectivity index (χ1v) is 8.58. The van der Waals surface area contributed by atoms with E-state index in [9.17, 15) is 4.79 Å². The fraction of sp³-hybridized carbons (Fsp3) is 0.474. The lowest BCUT2D eigenvalue weighted by Gasteiger charge is -2.13. The Bertz CT molecular complexity index is 606. The number of nitrogens with zero attached hydrogens (tertiary/aromatic N) is 2. The van der Waals surface area contributed by atoms with Crippen molar-refractivity contribution in [3.63, 3.8) is 0 Å². The Morgan fingerprint density at radius 2 is 2.08 bits per heavy atom. The van der Waals surface area contributed by atoms with Crippen molar-refractivity contribution >= 4 is 17.3 Å². The zero-order valence-corrected chi connectivity index (χ0v) is 15.3. The molecular formula is C19H28N4O2. The molecule has 0 heterocycles. The normalized spacial score (nSPS) is 10.9. The van der Waals surface area contributed by atoms with Gasteiger partial charge in [0.15, 0.2) is 0 Å². The van der Waals surface area contributed by atoms with Gasteiger partial charge in [-0.1, -0.05) is 19.4 Å². The molecule has 1 amide bonds. The minimum Gasteiger partial charge on any atom is -0.381 e. The van der Waals surface area contributed by atoms with Crippen LogP contribution >= 0.6 is 0 Å². The second kappa shape index (κ2) is 11.9. The third-order valence-electron chi connectivity index (χ3n) is 3.50. The van der Waals surface area contributed by atoms with Gasteiger partial charge >= 0.3 is 0 Å². The van der Waals surface area contributed by atoms with Gasteiger partial charge in [0.05, 0.1) is 0 Å². The van der Waals surface area contributed by atoms with Crippen molar-refractivity contribution in [1.82, 2.24) is 5.32 Å². The monoisotopic (exact) mass is 344 g/mol. The number of benzene rings is 1. The lowest BCUT2D eigenvalue weighted by atomic mass is 10.2. The van der Waals surface area contributed by atoms with E-state index in [2.05, 4.69) is 17.6 Å². The van der Waals surface area contributed by atoms with Crippen molar-refractivity contribution in [1.29, 1.82) is 5.26 Å². The van der Waals surface area contributed by atoms with Crippen molar-refractivity contribution in [2.24, 2.45) is 0 Å². The molecule has 0 unspecified atom stereocenters. The van der Waals surface area contributed by atoms with Gasteiger partial charge in [-0.2, -0.15) is 5.26 Å². The van der Waals surface area contributed by atoms with E-state index in [1.54, 1.807) is 0 Å². The molecule has 6 nitrogen and oxygen atoms in total. The van der Waals surface area contributed by atoms with E-state index in [1.807, 2.05) is 49.3 Å². The van der Waals surface area contributed by atoms with E-state index in [4.69, 9.17) is 10.00 Å². The first-order chi connectivity index (χ1) is 12.1. The van der Waals surface area contributed by atoms with Crippen LogP contribution in [0.3, 0.4) is 0 Å². The van der Waals surface area contributed by atoms with E-state index < -0.39 is 0 Å². The zero-order chi connectivity index (χ0) is 18.5. The smallest absolute Gasteiger partial charge is 0.263 e. The Morgan fingerprint density at radius 1 is 1.32 bits per heavy atom. The molecule has 1 rings (SSSR count). The maximum Gasteiger partial charge on any atom is 0.263 e. The van der Waals surface area contributed by atoms with Crippen LogP contribution in [0.2, 0.25) is 0 Å². The summed E-state index contributed by atoms with van der Waals surface area (Å²) in [5.74, 6) is -0.382. The summed E-state index contributed by atoms with van der Waals surface area (Å²) in [4.78, 5) is 14.0.